The summed E-state index contributed by atoms with van der Waals surface area (Å²) < 4.78 is 89.9. The molecule has 0 atom stereocenters. The Morgan fingerprint density at radius 1 is 0.733 bits per heavy atom. The van der Waals surface area contributed by atoms with E-state index in [1.54, 1.807) is 24.3 Å². The van der Waals surface area contributed by atoms with Crippen molar-refractivity contribution in [3.63, 3.8) is 0 Å². The fourth-order valence-electron chi connectivity index (χ4n) is 4.82. The van der Waals surface area contributed by atoms with Gasteiger partial charge in [-0.3, -0.25) is 0 Å². The number of halogens is 6. The van der Waals surface area contributed by atoms with Crippen LogP contribution in [0.3, 0.4) is 0 Å². The Morgan fingerprint density at radius 2 is 1.33 bits per heavy atom. The summed E-state index contributed by atoms with van der Waals surface area (Å²) in [6, 6.07) is 9.00. The zero-order valence-electron chi connectivity index (χ0n) is 16.6. The Labute approximate surface area is 171 Å². The first-order chi connectivity index (χ1) is 14.0. The van der Waals surface area contributed by atoms with Gasteiger partial charge in [0.05, 0.1) is 5.41 Å². The zero-order valence-corrected chi connectivity index (χ0v) is 16.6. The van der Waals surface area contributed by atoms with Gasteiger partial charge in [0.1, 0.15) is 5.41 Å². The van der Waals surface area contributed by atoms with Crippen LogP contribution in [-0.4, -0.2) is 11.8 Å². The van der Waals surface area contributed by atoms with Crippen molar-refractivity contribution in [2.24, 2.45) is 5.41 Å². The molecule has 0 amide bonds. The molecule has 2 aromatic carbocycles. The van der Waals surface area contributed by atoms with E-state index in [0.717, 1.165) is 17.7 Å². The normalized spacial score (nSPS) is 28.7. The molecule has 0 radical (unpaired) electrons. The molecule has 0 aromatic heterocycles. The molecule has 5 rings (SSSR count). The third-order valence-electron chi connectivity index (χ3n) is 6.84. The first kappa shape index (κ1) is 20.8. The number of fused-ring (bicyclic) bond motifs is 3. The number of benzene rings is 2. The maximum absolute atomic E-state index is 15.3. The first-order valence-corrected chi connectivity index (χ1v) is 9.78. The van der Waals surface area contributed by atoms with Crippen LogP contribution in [0.25, 0.3) is 0 Å². The summed E-state index contributed by atoms with van der Waals surface area (Å²) in [5.74, 6) is -6.70. The van der Waals surface area contributed by atoms with Gasteiger partial charge in [-0.1, -0.05) is 41.7 Å². The van der Waals surface area contributed by atoms with E-state index in [1.807, 2.05) is 6.92 Å². The lowest BCUT2D eigenvalue weighted by Gasteiger charge is -2.59. The second-order valence-electron chi connectivity index (χ2n) is 8.49. The summed E-state index contributed by atoms with van der Waals surface area (Å²) >= 11 is 0. The van der Waals surface area contributed by atoms with Gasteiger partial charge in [-0.05, 0) is 57.2 Å². The summed E-state index contributed by atoms with van der Waals surface area (Å²) in [7, 11) is 0. The highest BCUT2D eigenvalue weighted by Crippen LogP contribution is 2.70. The van der Waals surface area contributed by atoms with Gasteiger partial charge in [0.15, 0.2) is 11.6 Å². The second kappa shape index (κ2) is 6.54. The van der Waals surface area contributed by atoms with E-state index in [0.29, 0.717) is 5.56 Å². The number of rotatable bonds is 1. The molecule has 0 unspecified atom stereocenters. The number of alkyl halides is 4. The number of aryl methyl sites for hydroxylation is 2. The summed E-state index contributed by atoms with van der Waals surface area (Å²) in [6.07, 6.45) is -1.41. The molecule has 3 saturated carbocycles. The molecule has 3 aliphatic rings. The van der Waals surface area contributed by atoms with E-state index >= 15 is 17.6 Å². The minimum absolute atomic E-state index is 0.0624. The van der Waals surface area contributed by atoms with Crippen LogP contribution < -0.4 is 0 Å². The smallest absolute Gasteiger partial charge is 0.203 e. The van der Waals surface area contributed by atoms with Gasteiger partial charge in [0.25, 0.3) is 0 Å². The molecule has 0 N–H and O–H groups in total. The van der Waals surface area contributed by atoms with Crippen molar-refractivity contribution in [3.05, 3.63) is 70.3 Å². The van der Waals surface area contributed by atoms with E-state index in [-0.39, 0.29) is 18.4 Å². The second-order valence-corrected chi connectivity index (χ2v) is 8.49. The van der Waals surface area contributed by atoms with Crippen molar-refractivity contribution in [1.29, 1.82) is 0 Å². The van der Waals surface area contributed by atoms with Crippen LogP contribution in [0.4, 0.5) is 26.3 Å². The summed E-state index contributed by atoms with van der Waals surface area (Å²) in [5, 5.41) is 0. The van der Waals surface area contributed by atoms with Crippen LogP contribution in [0.15, 0.2) is 36.4 Å². The lowest BCUT2D eigenvalue weighted by molar-refractivity contribution is -0.332. The monoisotopic (exact) mass is 422 g/mol. The summed E-state index contributed by atoms with van der Waals surface area (Å²) in [4.78, 5) is 0. The average Bonchev–Trinajstić information content (AvgIpc) is 2.71. The van der Waals surface area contributed by atoms with Gasteiger partial charge in [-0.15, -0.1) is 0 Å². The van der Waals surface area contributed by atoms with Crippen molar-refractivity contribution in [2.45, 2.75) is 56.8 Å². The Balaban J connectivity index is 1.80. The Hall–Kier alpha value is -2.42. The molecule has 0 nitrogen and oxygen atoms in total. The van der Waals surface area contributed by atoms with Crippen LogP contribution in [0, 0.1) is 42.7 Å². The van der Waals surface area contributed by atoms with Crippen LogP contribution in [0.5, 0.6) is 0 Å². The Morgan fingerprint density at radius 3 is 1.93 bits per heavy atom. The molecule has 6 heteroatoms. The molecular weight excluding hydrogens is 402 g/mol. The van der Waals surface area contributed by atoms with E-state index in [4.69, 9.17) is 0 Å². The van der Waals surface area contributed by atoms with E-state index in [2.05, 4.69) is 11.8 Å². The largest absolute Gasteiger partial charge is 0.327 e. The minimum atomic E-state index is -4.57. The first-order valence-electron chi connectivity index (χ1n) is 9.78. The average molecular weight is 422 g/mol. The summed E-state index contributed by atoms with van der Waals surface area (Å²) in [6.45, 7) is 3.15. The molecule has 158 valence electrons. The van der Waals surface area contributed by atoms with E-state index in [1.165, 1.54) is 6.92 Å². The molecule has 2 aromatic rings. The molecule has 0 aliphatic heterocycles. The molecule has 30 heavy (non-hydrogen) atoms. The van der Waals surface area contributed by atoms with Crippen LogP contribution in [0.1, 0.15) is 47.9 Å². The van der Waals surface area contributed by atoms with Crippen molar-refractivity contribution in [1.82, 2.24) is 0 Å². The SMILES string of the molecule is Cc1ccc(C#CC23CCC(c4ccc(C)c(F)c4F)(CC2)C(F)(F)C3(F)F)cc1. The molecule has 0 saturated heterocycles. The third kappa shape index (κ3) is 2.57. The lowest BCUT2D eigenvalue weighted by Crippen LogP contribution is -2.71. The van der Waals surface area contributed by atoms with Crippen molar-refractivity contribution < 1.29 is 26.3 Å². The highest BCUT2D eigenvalue weighted by Gasteiger charge is 2.82. The van der Waals surface area contributed by atoms with Gasteiger partial charge in [-0.25, -0.2) is 8.78 Å². The standard InChI is InChI=1S/C24H20F6/c1-15-3-6-17(7-4-15)9-10-21-11-13-22(14-12-21,24(29,30)23(21,27)28)18-8-5-16(2)19(25)20(18)26/h3-8H,11-14H2,1-2H3. The third-order valence-corrected chi connectivity index (χ3v) is 6.84. The fourth-order valence-corrected chi connectivity index (χ4v) is 4.82. The number of hydrogen-bond acceptors (Lipinski definition) is 0. The lowest BCUT2D eigenvalue weighted by atomic mass is 9.48. The quantitative estimate of drug-likeness (QED) is 0.354. The molecular formula is C24H20F6. The Kier molecular flexibility index (Phi) is 4.54. The highest BCUT2D eigenvalue weighted by molar-refractivity contribution is 5.44. The fraction of sp³-hybridized carbons (Fsp3) is 0.417. The minimum Gasteiger partial charge on any atom is -0.203 e. The van der Waals surface area contributed by atoms with Gasteiger partial charge in [-0.2, -0.15) is 17.6 Å². The maximum Gasteiger partial charge on any atom is 0.327 e. The molecule has 3 aliphatic carbocycles. The molecule has 0 spiro atoms. The van der Waals surface area contributed by atoms with Gasteiger partial charge in [0.2, 0.25) is 0 Å². The Bertz CT molecular complexity index is 1050. The van der Waals surface area contributed by atoms with E-state index in [9.17, 15) is 8.78 Å². The number of hydrogen-bond donors (Lipinski definition) is 0. The van der Waals surface area contributed by atoms with Crippen LogP contribution in [-0.2, 0) is 5.41 Å². The van der Waals surface area contributed by atoms with Crippen molar-refractivity contribution in [3.8, 4) is 11.8 Å². The van der Waals surface area contributed by atoms with Crippen LogP contribution >= 0.6 is 0 Å². The van der Waals surface area contributed by atoms with Crippen LogP contribution in [0.2, 0.25) is 0 Å². The van der Waals surface area contributed by atoms with Crippen molar-refractivity contribution >= 4 is 0 Å². The molecule has 0 heterocycles. The van der Waals surface area contributed by atoms with Gasteiger partial charge < -0.3 is 0 Å². The highest BCUT2D eigenvalue weighted by atomic mass is 19.3. The predicted molar refractivity (Wildman–Crippen MR) is 102 cm³/mol. The predicted octanol–water partition coefficient (Wildman–Crippen LogP) is 6.72. The zero-order chi connectivity index (χ0) is 21.9. The molecule has 2 bridgehead atoms. The van der Waals surface area contributed by atoms with Crippen molar-refractivity contribution in [2.75, 3.05) is 0 Å². The van der Waals surface area contributed by atoms with Gasteiger partial charge in [0, 0.05) is 11.1 Å². The topological polar surface area (TPSA) is 0 Å². The molecule has 3 fully saturated rings. The van der Waals surface area contributed by atoms with E-state index < -0.39 is 52.7 Å². The maximum atomic E-state index is 15.3. The van der Waals surface area contributed by atoms with Gasteiger partial charge >= 0.3 is 11.8 Å². The summed E-state index contributed by atoms with van der Waals surface area (Å²) in [5.41, 5.74) is -3.97.